The lowest BCUT2D eigenvalue weighted by molar-refractivity contribution is 0.0708. The molecule has 1 unspecified atom stereocenters. The Hall–Kier alpha value is -2.22. The van der Waals surface area contributed by atoms with Crippen LogP contribution in [0, 0.1) is 5.82 Å². The van der Waals surface area contributed by atoms with E-state index in [-0.39, 0.29) is 34.8 Å². The zero-order valence-corrected chi connectivity index (χ0v) is 13.9. The summed E-state index contributed by atoms with van der Waals surface area (Å²) in [5, 5.41) is 3.68. The highest BCUT2D eigenvalue weighted by Crippen LogP contribution is 2.27. The van der Waals surface area contributed by atoms with E-state index in [9.17, 15) is 17.6 Å². The Bertz CT molecular complexity index is 845. The molecule has 0 saturated carbocycles. The molecule has 2 heterocycles. The molecule has 128 valence electrons. The summed E-state index contributed by atoms with van der Waals surface area (Å²) in [5.74, 6) is -0.406. The number of nitrogens with zero attached hydrogens (tertiary/aromatic N) is 2. The number of sulfone groups is 1. The lowest BCUT2D eigenvalue weighted by Gasteiger charge is -2.26. The van der Waals surface area contributed by atoms with Gasteiger partial charge in [0.25, 0.3) is 5.91 Å². The second-order valence-corrected chi connectivity index (χ2v) is 7.95. The summed E-state index contributed by atoms with van der Waals surface area (Å²) in [6.45, 7) is 2.18. The number of carbonyl (C=O) groups excluding carboxylic acids is 1. The topological polar surface area (TPSA) is 80.5 Å². The van der Waals surface area contributed by atoms with E-state index in [0.29, 0.717) is 18.5 Å². The molecule has 0 spiro atoms. The van der Waals surface area contributed by atoms with Crippen LogP contribution in [0.1, 0.15) is 23.7 Å². The molecule has 1 atom stereocenters. The average molecular weight is 352 g/mol. The first-order chi connectivity index (χ1) is 11.4. The summed E-state index contributed by atoms with van der Waals surface area (Å²) in [5.41, 5.74) is 0.778. The number of carbonyl (C=O) groups is 1. The summed E-state index contributed by atoms with van der Waals surface area (Å²) in [6, 6.07) is 5.20. The Morgan fingerprint density at radius 2 is 2.08 bits per heavy atom. The van der Waals surface area contributed by atoms with Crippen LogP contribution < -0.4 is 0 Å². The summed E-state index contributed by atoms with van der Waals surface area (Å²) in [6.07, 6.45) is 1.74. The number of benzene rings is 1. The van der Waals surface area contributed by atoms with Crippen LogP contribution in [-0.2, 0) is 9.84 Å². The van der Waals surface area contributed by atoms with Crippen molar-refractivity contribution in [3.8, 4) is 11.3 Å². The molecule has 8 heteroatoms. The molecule has 0 N–H and O–H groups in total. The van der Waals surface area contributed by atoms with Crippen LogP contribution in [0.4, 0.5) is 4.39 Å². The minimum absolute atomic E-state index is 0.0241. The summed E-state index contributed by atoms with van der Waals surface area (Å²) >= 11 is 0. The molecule has 1 aliphatic heterocycles. The normalized spacial score (nSPS) is 19.3. The molecular formula is C16H17FN2O4S. The van der Waals surface area contributed by atoms with Crippen molar-refractivity contribution in [2.75, 3.05) is 18.1 Å². The summed E-state index contributed by atoms with van der Waals surface area (Å²) in [4.78, 5) is 14.4. The van der Waals surface area contributed by atoms with Crippen LogP contribution >= 0.6 is 0 Å². The van der Waals surface area contributed by atoms with Crippen LogP contribution in [0.5, 0.6) is 0 Å². The van der Waals surface area contributed by atoms with E-state index in [1.54, 1.807) is 6.92 Å². The number of halogens is 1. The third-order valence-corrected chi connectivity index (χ3v) is 5.91. The Balaban J connectivity index is 1.90. The first-order valence-electron chi connectivity index (χ1n) is 7.63. The van der Waals surface area contributed by atoms with Gasteiger partial charge in [-0.1, -0.05) is 5.16 Å². The van der Waals surface area contributed by atoms with E-state index in [4.69, 9.17) is 4.52 Å². The fourth-order valence-electron chi connectivity index (χ4n) is 2.94. The van der Waals surface area contributed by atoms with Gasteiger partial charge in [0.2, 0.25) is 0 Å². The van der Waals surface area contributed by atoms with E-state index in [1.807, 2.05) is 0 Å². The van der Waals surface area contributed by atoms with E-state index in [2.05, 4.69) is 5.16 Å². The van der Waals surface area contributed by atoms with Gasteiger partial charge in [-0.25, -0.2) is 12.8 Å². The molecule has 1 aromatic carbocycles. The Morgan fingerprint density at radius 1 is 1.38 bits per heavy atom. The fourth-order valence-corrected chi connectivity index (χ4v) is 4.68. The molecule has 1 aromatic heterocycles. The van der Waals surface area contributed by atoms with Gasteiger partial charge in [-0.15, -0.1) is 0 Å². The predicted molar refractivity (Wildman–Crippen MR) is 85.7 cm³/mol. The maximum atomic E-state index is 13.1. The van der Waals surface area contributed by atoms with Crippen LogP contribution in [0.25, 0.3) is 11.3 Å². The molecule has 2 aromatic rings. The summed E-state index contributed by atoms with van der Waals surface area (Å²) in [7, 11) is -3.09. The maximum absolute atomic E-state index is 13.1. The molecule has 1 amide bonds. The van der Waals surface area contributed by atoms with E-state index < -0.39 is 15.7 Å². The van der Waals surface area contributed by atoms with Gasteiger partial charge in [-0.3, -0.25) is 4.79 Å². The van der Waals surface area contributed by atoms with Crippen molar-refractivity contribution in [3.05, 3.63) is 41.8 Å². The molecule has 0 aliphatic carbocycles. The first kappa shape index (κ1) is 16.6. The highest BCUT2D eigenvalue weighted by atomic mass is 32.2. The van der Waals surface area contributed by atoms with Gasteiger partial charge >= 0.3 is 0 Å². The predicted octanol–water partition coefficient (Wildman–Crippen LogP) is 2.13. The van der Waals surface area contributed by atoms with Gasteiger partial charge < -0.3 is 9.42 Å². The second kappa shape index (κ2) is 6.35. The zero-order valence-electron chi connectivity index (χ0n) is 13.1. The van der Waals surface area contributed by atoms with E-state index in [0.717, 1.165) is 0 Å². The molecule has 24 heavy (non-hydrogen) atoms. The first-order valence-corrected chi connectivity index (χ1v) is 9.45. The van der Waals surface area contributed by atoms with Gasteiger partial charge in [-0.2, -0.15) is 0 Å². The molecule has 1 saturated heterocycles. The van der Waals surface area contributed by atoms with Gasteiger partial charge in [0.15, 0.2) is 15.6 Å². The quantitative estimate of drug-likeness (QED) is 0.842. The number of rotatable bonds is 4. The van der Waals surface area contributed by atoms with Crippen LogP contribution in [0.2, 0.25) is 0 Å². The Kier molecular flexibility index (Phi) is 4.40. The van der Waals surface area contributed by atoms with E-state index >= 15 is 0 Å². The van der Waals surface area contributed by atoms with Crippen molar-refractivity contribution in [3.63, 3.8) is 0 Å². The van der Waals surface area contributed by atoms with Gasteiger partial charge in [0.1, 0.15) is 11.4 Å². The number of hydrogen-bond donors (Lipinski definition) is 0. The molecule has 0 bridgehead atoms. The van der Waals surface area contributed by atoms with Crippen LogP contribution in [0.3, 0.4) is 0 Å². The third-order valence-electron chi connectivity index (χ3n) is 4.16. The van der Waals surface area contributed by atoms with Crippen molar-refractivity contribution in [2.24, 2.45) is 0 Å². The largest absolute Gasteiger partial charge is 0.355 e. The monoisotopic (exact) mass is 352 g/mol. The minimum Gasteiger partial charge on any atom is -0.355 e. The lowest BCUT2D eigenvalue weighted by atomic mass is 10.1. The van der Waals surface area contributed by atoms with Crippen molar-refractivity contribution in [2.45, 2.75) is 19.4 Å². The SMILES string of the molecule is CCN(C(=O)c1cnoc1-c1ccc(F)cc1)C1CCS(=O)(=O)C1. The summed E-state index contributed by atoms with van der Waals surface area (Å²) < 4.78 is 41.6. The second-order valence-electron chi connectivity index (χ2n) is 5.72. The Morgan fingerprint density at radius 3 is 2.67 bits per heavy atom. The highest BCUT2D eigenvalue weighted by molar-refractivity contribution is 7.91. The zero-order chi connectivity index (χ0) is 17.3. The van der Waals surface area contributed by atoms with Crippen LogP contribution in [0.15, 0.2) is 35.0 Å². The molecule has 0 radical (unpaired) electrons. The third kappa shape index (κ3) is 3.19. The highest BCUT2D eigenvalue weighted by Gasteiger charge is 2.35. The molecule has 1 aliphatic rings. The molecule has 3 rings (SSSR count). The molecular weight excluding hydrogens is 335 g/mol. The minimum atomic E-state index is -3.09. The van der Waals surface area contributed by atoms with Gasteiger partial charge in [-0.05, 0) is 37.6 Å². The van der Waals surface area contributed by atoms with Crippen LogP contribution in [-0.4, -0.2) is 48.5 Å². The maximum Gasteiger partial charge on any atom is 0.259 e. The van der Waals surface area contributed by atoms with Gasteiger partial charge in [0.05, 0.1) is 17.7 Å². The lowest BCUT2D eigenvalue weighted by Crippen LogP contribution is -2.41. The average Bonchev–Trinajstić information content (AvgIpc) is 3.15. The van der Waals surface area contributed by atoms with Gasteiger partial charge in [0, 0.05) is 18.2 Å². The number of aromatic nitrogens is 1. The molecule has 6 nitrogen and oxygen atoms in total. The smallest absolute Gasteiger partial charge is 0.259 e. The van der Waals surface area contributed by atoms with E-state index in [1.165, 1.54) is 35.4 Å². The van der Waals surface area contributed by atoms with Crippen molar-refractivity contribution in [1.82, 2.24) is 10.1 Å². The fraction of sp³-hybridized carbons (Fsp3) is 0.375. The number of hydrogen-bond acceptors (Lipinski definition) is 5. The van der Waals surface area contributed by atoms with Crippen molar-refractivity contribution in [1.29, 1.82) is 0 Å². The number of amides is 1. The molecule has 1 fully saturated rings. The van der Waals surface area contributed by atoms with Crippen molar-refractivity contribution >= 4 is 15.7 Å². The van der Waals surface area contributed by atoms with Crippen molar-refractivity contribution < 1.29 is 22.1 Å². The Labute approximate surface area is 139 Å². The standard InChI is InChI=1S/C16H17FN2O4S/c1-2-19(13-7-8-24(21,22)10-13)16(20)14-9-18-23-15(14)11-3-5-12(17)6-4-11/h3-6,9,13H,2,7-8,10H2,1H3.